The summed E-state index contributed by atoms with van der Waals surface area (Å²) in [6.45, 7) is 2.26. The number of alkyl halides is 3. The van der Waals surface area contributed by atoms with Crippen LogP contribution in [0.3, 0.4) is 0 Å². The summed E-state index contributed by atoms with van der Waals surface area (Å²) in [4.78, 5) is 14.7. The molecule has 0 aromatic heterocycles. The fourth-order valence-electron chi connectivity index (χ4n) is 2.90. The second-order valence-corrected chi connectivity index (χ2v) is 7.41. The number of ether oxygens (including phenoxy) is 2. The van der Waals surface area contributed by atoms with Crippen molar-refractivity contribution in [2.75, 3.05) is 37.8 Å². The number of nitrogens with one attached hydrogen (secondary N) is 2. The largest absolute Gasteiger partial charge is 0.573 e. The van der Waals surface area contributed by atoms with Crippen molar-refractivity contribution in [3.8, 4) is 29.1 Å². The van der Waals surface area contributed by atoms with Crippen LogP contribution in [-0.2, 0) is 4.79 Å². The molecule has 3 rings (SSSR count). The topological polar surface area (TPSA) is 83.1 Å². The lowest BCUT2D eigenvalue weighted by Crippen LogP contribution is -2.41. The third-order valence-corrected chi connectivity index (χ3v) is 4.44. The van der Waals surface area contributed by atoms with E-state index in [1.807, 2.05) is 19.0 Å². The number of halogens is 3. The summed E-state index contributed by atoms with van der Waals surface area (Å²) in [7, 11) is 3.76. The molecule has 0 saturated carbocycles. The van der Waals surface area contributed by atoms with Crippen molar-refractivity contribution < 1.29 is 32.5 Å². The zero-order valence-corrected chi connectivity index (χ0v) is 17.6. The highest BCUT2D eigenvalue weighted by Gasteiger charge is 2.32. The van der Waals surface area contributed by atoms with Crippen LogP contribution in [0.25, 0.3) is 0 Å². The number of rotatable bonds is 4. The predicted molar refractivity (Wildman–Crippen MR) is 113 cm³/mol. The Bertz CT molecular complexity index is 1070. The lowest BCUT2D eigenvalue weighted by atomic mass is 10.1. The second kappa shape index (κ2) is 9.28. The molecule has 0 fully saturated rings. The first-order valence-electron chi connectivity index (χ1n) is 9.60. The highest BCUT2D eigenvalue weighted by atomic mass is 19.4. The van der Waals surface area contributed by atoms with Gasteiger partial charge in [-0.05, 0) is 44.8 Å². The number of phenolic OH excluding ortho intramolecular Hbond substituents is 1. The Balaban J connectivity index is 1.74. The van der Waals surface area contributed by atoms with E-state index in [1.165, 1.54) is 12.1 Å². The lowest BCUT2D eigenvalue weighted by Gasteiger charge is -2.27. The molecular weight excluding hydrogens is 427 g/mol. The van der Waals surface area contributed by atoms with E-state index in [9.17, 15) is 23.1 Å². The molecule has 0 saturated heterocycles. The SMILES string of the molecule is Cc1cc(C#CCN(C)C)c(NC(=O)C2CNc3cc(OC(F)(F)F)ccc3O2)cc1O. The molecule has 1 heterocycles. The fourth-order valence-corrected chi connectivity index (χ4v) is 2.90. The van der Waals surface area contributed by atoms with Gasteiger partial charge in [0, 0.05) is 17.7 Å². The van der Waals surface area contributed by atoms with Gasteiger partial charge in [0.15, 0.2) is 6.10 Å². The second-order valence-electron chi connectivity index (χ2n) is 7.41. The summed E-state index contributed by atoms with van der Waals surface area (Å²) in [6, 6.07) is 6.62. The smallest absolute Gasteiger partial charge is 0.508 e. The van der Waals surface area contributed by atoms with Crippen LogP contribution < -0.4 is 20.1 Å². The van der Waals surface area contributed by atoms with Crippen LogP contribution >= 0.6 is 0 Å². The first-order chi connectivity index (χ1) is 15.0. The zero-order chi connectivity index (χ0) is 23.5. The molecule has 32 heavy (non-hydrogen) atoms. The van der Waals surface area contributed by atoms with Crippen LogP contribution in [0.15, 0.2) is 30.3 Å². The van der Waals surface area contributed by atoms with Crippen LogP contribution in [0.4, 0.5) is 24.5 Å². The minimum Gasteiger partial charge on any atom is -0.508 e. The van der Waals surface area contributed by atoms with Crippen LogP contribution in [0.1, 0.15) is 11.1 Å². The molecule has 0 aliphatic carbocycles. The molecule has 7 nitrogen and oxygen atoms in total. The lowest BCUT2D eigenvalue weighted by molar-refractivity contribution is -0.274. The number of carbonyl (C=O) groups excluding carboxylic acids is 1. The summed E-state index contributed by atoms with van der Waals surface area (Å²) in [5.74, 6) is 5.28. The number of hydrogen-bond donors (Lipinski definition) is 3. The maximum absolute atomic E-state index is 12.8. The number of carbonyl (C=O) groups is 1. The third-order valence-electron chi connectivity index (χ3n) is 4.44. The van der Waals surface area contributed by atoms with Gasteiger partial charge >= 0.3 is 6.36 Å². The van der Waals surface area contributed by atoms with Gasteiger partial charge in [-0.3, -0.25) is 9.69 Å². The van der Waals surface area contributed by atoms with Crippen molar-refractivity contribution in [3.63, 3.8) is 0 Å². The van der Waals surface area contributed by atoms with E-state index >= 15 is 0 Å². The Labute approximate surface area is 183 Å². The van der Waals surface area contributed by atoms with Gasteiger partial charge in [0.05, 0.1) is 24.5 Å². The normalized spacial score (nSPS) is 15.0. The number of aromatic hydroxyl groups is 1. The van der Waals surface area contributed by atoms with E-state index in [1.54, 1.807) is 13.0 Å². The van der Waals surface area contributed by atoms with Crippen LogP contribution in [0.2, 0.25) is 0 Å². The number of fused-ring (bicyclic) bond motifs is 1. The zero-order valence-electron chi connectivity index (χ0n) is 17.6. The number of benzene rings is 2. The molecule has 0 radical (unpaired) electrons. The molecular formula is C22H22F3N3O4. The Hall–Kier alpha value is -3.58. The molecule has 1 aliphatic heterocycles. The monoisotopic (exact) mass is 449 g/mol. The van der Waals surface area contributed by atoms with E-state index in [4.69, 9.17) is 4.74 Å². The quantitative estimate of drug-likeness (QED) is 0.622. The van der Waals surface area contributed by atoms with Crippen molar-refractivity contribution >= 4 is 17.3 Å². The minimum atomic E-state index is -4.81. The average molecular weight is 449 g/mol. The maximum atomic E-state index is 12.8. The summed E-state index contributed by atoms with van der Waals surface area (Å²) in [5, 5.41) is 15.6. The maximum Gasteiger partial charge on any atom is 0.573 e. The number of nitrogens with zero attached hydrogens (tertiary/aromatic N) is 1. The average Bonchev–Trinajstić information content (AvgIpc) is 2.69. The fraction of sp³-hybridized carbons (Fsp3) is 0.318. The predicted octanol–water partition coefficient (Wildman–Crippen LogP) is 3.32. The molecule has 10 heteroatoms. The van der Waals surface area contributed by atoms with Crippen LogP contribution in [0.5, 0.6) is 17.2 Å². The highest BCUT2D eigenvalue weighted by molar-refractivity contribution is 5.96. The molecule has 2 aromatic rings. The van der Waals surface area contributed by atoms with E-state index in [2.05, 4.69) is 27.2 Å². The molecule has 1 atom stereocenters. The summed E-state index contributed by atoms with van der Waals surface area (Å²) in [5.41, 5.74) is 1.75. The standard InChI is InChI=1S/C22H22F3N3O4/c1-13-9-14(5-4-8-28(2)3)16(11-18(13)29)27-21(30)20-12-26-17-10-15(32-22(23,24)25)6-7-19(17)31-20/h6-7,9-11,20,26,29H,8,12H2,1-3H3,(H,27,30). The first-order valence-corrected chi connectivity index (χ1v) is 9.60. The Kier molecular flexibility index (Phi) is 6.69. The highest BCUT2D eigenvalue weighted by Crippen LogP contribution is 2.35. The number of phenols is 1. The number of aryl methyl sites for hydroxylation is 1. The molecule has 1 aliphatic rings. The van der Waals surface area contributed by atoms with Crippen molar-refractivity contribution in [2.24, 2.45) is 0 Å². The van der Waals surface area contributed by atoms with E-state index in [0.29, 0.717) is 23.4 Å². The van der Waals surface area contributed by atoms with Crippen molar-refractivity contribution in [1.82, 2.24) is 4.90 Å². The van der Waals surface area contributed by atoms with E-state index in [0.717, 1.165) is 12.1 Å². The molecule has 1 amide bonds. The van der Waals surface area contributed by atoms with Gasteiger partial charge in [0.25, 0.3) is 5.91 Å². The van der Waals surface area contributed by atoms with Crippen LogP contribution in [-0.4, -0.2) is 55.6 Å². The molecule has 170 valence electrons. The van der Waals surface area contributed by atoms with Gasteiger partial charge in [-0.1, -0.05) is 11.8 Å². The van der Waals surface area contributed by atoms with Crippen molar-refractivity contribution in [2.45, 2.75) is 19.4 Å². The third kappa shape index (κ3) is 5.98. The van der Waals surface area contributed by atoms with Crippen molar-refractivity contribution in [1.29, 1.82) is 0 Å². The number of amides is 1. The van der Waals surface area contributed by atoms with Gasteiger partial charge < -0.3 is 25.2 Å². The Morgan fingerprint density at radius 1 is 1.34 bits per heavy atom. The molecule has 2 aromatic carbocycles. The van der Waals surface area contributed by atoms with Gasteiger partial charge in [0.2, 0.25) is 0 Å². The summed E-state index contributed by atoms with van der Waals surface area (Å²) < 4.78 is 46.7. The van der Waals surface area contributed by atoms with Crippen molar-refractivity contribution in [3.05, 3.63) is 41.5 Å². The van der Waals surface area contributed by atoms with Gasteiger partial charge in [-0.25, -0.2) is 0 Å². The van der Waals surface area contributed by atoms with E-state index in [-0.39, 0.29) is 23.7 Å². The molecule has 0 spiro atoms. The summed E-state index contributed by atoms with van der Waals surface area (Å²) >= 11 is 0. The summed E-state index contributed by atoms with van der Waals surface area (Å²) in [6.07, 6.45) is -5.76. The van der Waals surface area contributed by atoms with Gasteiger partial charge in [0.1, 0.15) is 17.2 Å². The Morgan fingerprint density at radius 2 is 2.09 bits per heavy atom. The first kappa shape index (κ1) is 23.1. The molecule has 3 N–H and O–H groups in total. The van der Waals surface area contributed by atoms with Gasteiger partial charge in [-0.15, -0.1) is 13.2 Å². The van der Waals surface area contributed by atoms with Crippen LogP contribution in [0, 0.1) is 18.8 Å². The van der Waals surface area contributed by atoms with E-state index < -0.39 is 24.1 Å². The number of anilines is 2. The minimum absolute atomic E-state index is 0.00341. The van der Waals surface area contributed by atoms with Gasteiger partial charge in [-0.2, -0.15) is 0 Å². The Morgan fingerprint density at radius 3 is 2.78 bits per heavy atom. The molecule has 1 unspecified atom stereocenters. The molecule has 0 bridgehead atoms. The number of hydrogen-bond acceptors (Lipinski definition) is 6.